The summed E-state index contributed by atoms with van der Waals surface area (Å²) in [7, 11) is 0. The molecule has 0 aliphatic carbocycles. The first-order chi connectivity index (χ1) is 11.6. The van der Waals surface area contributed by atoms with E-state index in [0.29, 0.717) is 23.8 Å². The first-order valence-corrected chi connectivity index (χ1v) is 8.03. The maximum absolute atomic E-state index is 12.2. The molecule has 2 aromatic carbocycles. The molecule has 1 aliphatic heterocycles. The van der Waals surface area contributed by atoms with Crippen LogP contribution in [0, 0.1) is 0 Å². The monoisotopic (exact) mass is 344 g/mol. The molecule has 0 aromatic heterocycles. The van der Waals surface area contributed by atoms with Crippen LogP contribution in [0.15, 0.2) is 53.6 Å². The first kappa shape index (κ1) is 16.3. The Bertz CT molecular complexity index is 776. The molecule has 0 bridgehead atoms. The number of rotatable bonds is 4. The lowest BCUT2D eigenvalue weighted by Crippen LogP contribution is -2.34. The highest BCUT2D eigenvalue weighted by molar-refractivity contribution is 6.32. The maximum Gasteiger partial charge on any atom is 0.280 e. The topological polar surface area (TPSA) is 59.9 Å². The van der Waals surface area contributed by atoms with Crippen LogP contribution in [-0.4, -0.2) is 24.3 Å². The molecule has 3 rings (SSSR count). The van der Waals surface area contributed by atoms with Gasteiger partial charge in [0.1, 0.15) is 11.5 Å². The minimum Gasteiger partial charge on any atom is -0.492 e. The van der Waals surface area contributed by atoms with Crippen LogP contribution in [0.2, 0.25) is 5.02 Å². The zero-order chi connectivity index (χ0) is 16.9. The van der Waals surface area contributed by atoms with Crippen LogP contribution in [0.5, 0.6) is 11.5 Å². The summed E-state index contributed by atoms with van der Waals surface area (Å²) in [6.45, 7) is 2.19. The number of amides is 1. The number of hydrazone groups is 1. The van der Waals surface area contributed by atoms with E-state index in [0.717, 1.165) is 17.0 Å². The van der Waals surface area contributed by atoms with Crippen molar-refractivity contribution in [2.45, 2.75) is 19.4 Å². The van der Waals surface area contributed by atoms with Crippen LogP contribution in [0.25, 0.3) is 0 Å². The van der Waals surface area contributed by atoms with Gasteiger partial charge in [0.15, 0.2) is 6.10 Å². The van der Waals surface area contributed by atoms with Crippen molar-refractivity contribution >= 4 is 23.2 Å². The molecule has 1 atom stereocenters. The molecular weight excluding hydrogens is 328 g/mol. The van der Waals surface area contributed by atoms with E-state index < -0.39 is 6.10 Å². The van der Waals surface area contributed by atoms with Crippen LogP contribution in [0.3, 0.4) is 0 Å². The third-order valence-electron chi connectivity index (χ3n) is 3.61. The molecule has 6 heteroatoms. The fraction of sp³-hybridized carbons (Fsp3) is 0.222. The summed E-state index contributed by atoms with van der Waals surface area (Å²) in [6, 6.07) is 14.6. The van der Waals surface area contributed by atoms with E-state index >= 15 is 0 Å². The quantitative estimate of drug-likeness (QED) is 0.865. The second-order valence-electron chi connectivity index (χ2n) is 5.32. The van der Waals surface area contributed by atoms with E-state index in [-0.39, 0.29) is 5.91 Å². The minimum atomic E-state index is -0.718. The lowest BCUT2D eigenvalue weighted by molar-refractivity contribution is -0.127. The molecule has 1 amide bonds. The van der Waals surface area contributed by atoms with E-state index in [1.165, 1.54) is 0 Å². The average molecular weight is 345 g/mol. The second kappa shape index (κ2) is 7.36. The Hall–Kier alpha value is -2.53. The summed E-state index contributed by atoms with van der Waals surface area (Å²) in [5, 5.41) is 4.69. The van der Waals surface area contributed by atoms with E-state index in [4.69, 9.17) is 21.1 Å². The molecular formula is C18H17ClN2O3. The number of nitrogens with one attached hydrogen (secondary N) is 1. The van der Waals surface area contributed by atoms with Gasteiger partial charge in [0, 0.05) is 12.0 Å². The number of nitrogens with zero attached hydrogens (tertiary/aromatic N) is 1. The Morgan fingerprint density at radius 3 is 2.83 bits per heavy atom. The van der Waals surface area contributed by atoms with Gasteiger partial charge in [-0.25, -0.2) is 5.43 Å². The SMILES string of the molecule is CC(Oc1ccccc1Cl)C(=O)N/N=C1/CCOc2ccccc21. The fourth-order valence-electron chi connectivity index (χ4n) is 2.34. The van der Waals surface area contributed by atoms with Crippen molar-refractivity contribution < 1.29 is 14.3 Å². The van der Waals surface area contributed by atoms with Gasteiger partial charge in [0.2, 0.25) is 0 Å². The van der Waals surface area contributed by atoms with E-state index in [1.54, 1.807) is 31.2 Å². The smallest absolute Gasteiger partial charge is 0.280 e. The van der Waals surface area contributed by atoms with Gasteiger partial charge in [-0.3, -0.25) is 4.79 Å². The number of benzene rings is 2. The second-order valence-corrected chi connectivity index (χ2v) is 5.73. The molecule has 0 radical (unpaired) electrons. The third-order valence-corrected chi connectivity index (χ3v) is 3.92. The van der Waals surface area contributed by atoms with Crippen molar-refractivity contribution in [3.05, 3.63) is 59.1 Å². The highest BCUT2D eigenvalue weighted by atomic mass is 35.5. The fourth-order valence-corrected chi connectivity index (χ4v) is 2.52. The Balaban J connectivity index is 1.66. The summed E-state index contributed by atoms with van der Waals surface area (Å²) in [5.74, 6) is 0.898. The van der Waals surface area contributed by atoms with Gasteiger partial charge in [-0.15, -0.1) is 0 Å². The molecule has 0 saturated carbocycles. The van der Waals surface area contributed by atoms with Crippen LogP contribution < -0.4 is 14.9 Å². The van der Waals surface area contributed by atoms with Crippen LogP contribution in [0.4, 0.5) is 0 Å². The zero-order valence-electron chi connectivity index (χ0n) is 13.2. The van der Waals surface area contributed by atoms with Crippen molar-refractivity contribution in [3.63, 3.8) is 0 Å². The summed E-state index contributed by atoms with van der Waals surface area (Å²) in [5.41, 5.74) is 4.24. The van der Waals surface area contributed by atoms with Gasteiger partial charge in [0.05, 0.1) is 17.3 Å². The van der Waals surface area contributed by atoms with Gasteiger partial charge >= 0.3 is 0 Å². The number of para-hydroxylation sites is 2. The van der Waals surface area contributed by atoms with Crippen molar-refractivity contribution in [1.82, 2.24) is 5.43 Å². The van der Waals surface area contributed by atoms with E-state index in [2.05, 4.69) is 10.5 Å². The molecule has 5 nitrogen and oxygen atoms in total. The molecule has 0 spiro atoms. The first-order valence-electron chi connectivity index (χ1n) is 7.65. The number of halogens is 1. The summed E-state index contributed by atoms with van der Waals surface area (Å²) in [4.78, 5) is 12.2. The standard InChI is InChI=1S/C18H17ClN2O3/c1-12(24-17-9-5-3-7-14(17)19)18(22)21-20-15-10-11-23-16-8-4-2-6-13(15)16/h2-9,12H,10-11H2,1H3,(H,21,22)/b20-15-. The number of hydrogen-bond donors (Lipinski definition) is 1. The Morgan fingerprint density at radius 1 is 1.25 bits per heavy atom. The van der Waals surface area contributed by atoms with Gasteiger partial charge in [-0.05, 0) is 31.2 Å². The molecule has 124 valence electrons. The molecule has 0 saturated heterocycles. The molecule has 24 heavy (non-hydrogen) atoms. The van der Waals surface area contributed by atoms with Gasteiger partial charge in [-0.1, -0.05) is 35.9 Å². The Kier molecular flexibility index (Phi) is 5.01. The number of carbonyl (C=O) groups excluding carboxylic acids is 1. The zero-order valence-corrected chi connectivity index (χ0v) is 13.9. The summed E-state index contributed by atoms with van der Waals surface area (Å²) >= 11 is 6.03. The molecule has 2 aromatic rings. The van der Waals surface area contributed by atoms with E-state index in [1.807, 2.05) is 24.3 Å². The van der Waals surface area contributed by atoms with Crippen molar-refractivity contribution in [2.75, 3.05) is 6.61 Å². The highest BCUT2D eigenvalue weighted by Crippen LogP contribution is 2.25. The highest BCUT2D eigenvalue weighted by Gasteiger charge is 2.19. The number of hydrogen-bond acceptors (Lipinski definition) is 4. The predicted molar refractivity (Wildman–Crippen MR) is 92.8 cm³/mol. The maximum atomic E-state index is 12.2. The summed E-state index contributed by atoms with van der Waals surface area (Å²) < 4.78 is 11.1. The summed E-state index contributed by atoms with van der Waals surface area (Å²) in [6.07, 6.45) is -0.0823. The number of ether oxygens (including phenoxy) is 2. The lowest BCUT2D eigenvalue weighted by Gasteiger charge is -2.19. The van der Waals surface area contributed by atoms with Crippen LogP contribution in [0.1, 0.15) is 18.9 Å². The number of fused-ring (bicyclic) bond motifs is 1. The molecule has 1 heterocycles. The van der Waals surface area contributed by atoms with Gasteiger partial charge < -0.3 is 9.47 Å². The van der Waals surface area contributed by atoms with Crippen molar-refractivity contribution in [2.24, 2.45) is 5.10 Å². The van der Waals surface area contributed by atoms with E-state index in [9.17, 15) is 4.79 Å². The van der Waals surface area contributed by atoms with Crippen molar-refractivity contribution in [3.8, 4) is 11.5 Å². The molecule has 1 unspecified atom stereocenters. The number of carbonyl (C=O) groups is 1. The van der Waals surface area contributed by atoms with Crippen LogP contribution in [-0.2, 0) is 4.79 Å². The van der Waals surface area contributed by atoms with Crippen molar-refractivity contribution in [1.29, 1.82) is 0 Å². The Morgan fingerprint density at radius 2 is 2.00 bits per heavy atom. The molecule has 1 N–H and O–H groups in total. The van der Waals surface area contributed by atoms with Gasteiger partial charge in [0.25, 0.3) is 5.91 Å². The largest absolute Gasteiger partial charge is 0.492 e. The van der Waals surface area contributed by atoms with Gasteiger partial charge in [-0.2, -0.15) is 5.10 Å². The third kappa shape index (κ3) is 3.68. The molecule has 0 fully saturated rings. The Labute approximate surface area is 145 Å². The lowest BCUT2D eigenvalue weighted by atomic mass is 10.0. The minimum absolute atomic E-state index is 0.341. The predicted octanol–water partition coefficient (Wildman–Crippen LogP) is 3.41. The molecule has 1 aliphatic rings. The average Bonchev–Trinajstić information content (AvgIpc) is 2.61. The normalized spacial score (nSPS) is 16.0. The van der Waals surface area contributed by atoms with Crippen LogP contribution >= 0.6 is 11.6 Å².